The quantitative estimate of drug-likeness (QED) is 0.735. The smallest absolute Gasteiger partial charge is 0.0470 e. The molecule has 94 valence electrons. The standard InChI is InChI=1S/C14H27OP/c15-11-12-16(13-7-3-1-4-8-13)14-9-5-2-6-10-14/h13-15H,1-12H2. The average Bonchev–Trinajstić information content (AvgIpc) is 2.38. The maximum atomic E-state index is 9.31. The van der Waals surface area contributed by atoms with E-state index in [0.717, 1.165) is 17.5 Å². The Labute approximate surface area is 102 Å². The molecule has 0 spiro atoms. The third kappa shape index (κ3) is 3.44. The van der Waals surface area contributed by atoms with Crippen LogP contribution >= 0.6 is 7.92 Å². The summed E-state index contributed by atoms with van der Waals surface area (Å²) >= 11 is 0. The lowest BCUT2D eigenvalue weighted by Gasteiger charge is -2.38. The van der Waals surface area contributed by atoms with E-state index in [1.807, 2.05) is 0 Å². The Morgan fingerprint density at radius 3 is 1.56 bits per heavy atom. The Morgan fingerprint density at radius 1 is 0.750 bits per heavy atom. The first kappa shape index (κ1) is 12.8. The second-order valence-electron chi connectivity index (χ2n) is 5.55. The average molecular weight is 242 g/mol. The highest BCUT2D eigenvalue weighted by Crippen LogP contribution is 2.55. The first-order valence-electron chi connectivity index (χ1n) is 7.28. The van der Waals surface area contributed by atoms with Gasteiger partial charge in [0, 0.05) is 6.61 Å². The Kier molecular flexibility index (Phi) is 5.59. The van der Waals surface area contributed by atoms with Crippen molar-refractivity contribution in [2.45, 2.75) is 75.5 Å². The molecule has 2 fully saturated rings. The molecule has 0 aromatic heterocycles. The van der Waals surface area contributed by atoms with Gasteiger partial charge in [0.15, 0.2) is 0 Å². The van der Waals surface area contributed by atoms with Gasteiger partial charge in [-0.1, -0.05) is 46.4 Å². The highest BCUT2D eigenvalue weighted by Gasteiger charge is 2.30. The third-order valence-electron chi connectivity index (χ3n) is 4.45. The molecule has 2 saturated carbocycles. The molecular formula is C14H27OP. The molecule has 2 aliphatic rings. The van der Waals surface area contributed by atoms with Gasteiger partial charge in [0.05, 0.1) is 0 Å². The van der Waals surface area contributed by atoms with E-state index in [9.17, 15) is 5.11 Å². The lowest BCUT2D eigenvalue weighted by molar-refractivity contribution is 0.320. The van der Waals surface area contributed by atoms with E-state index in [2.05, 4.69) is 0 Å². The van der Waals surface area contributed by atoms with Crippen LogP contribution in [0.4, 0.5) is 0 Å². The van der Waals surface area contributed by atoms with Crippen LogP contribution in [0.25, 0.3) is 0 Å². The summed E-state index contributed by atoms with van der Waals surface area (Å²) in [5.74, 6) is 0. The van der Waals surface area contributed by atoms with Crippen molar-refractivity contribution in [3.8, 4) is 0 Å². The largest absolute Gasteiger partial charge is 0.396 e. The fourth-order valence-electron chi connectivity index (χ4n) is 3.60. The number of aliphatic hydroxyl groups is 1. The SMILES string of the molecule is OCCP(C1CCCCC1)C1CCCCC1. The van der Waals surface area contributed by atoms with E-state index >= 15 is 0 Å². The van der Waals surface area contributed by atoms with Crippen LogP contribution in [0.5, 0.6) is 0 Å². The lowest BCUT2D eigenvalue weighted by atomic mass is 9.99. The van der Waals surface area contributed by atoms with Gasteiger partial charge in [-0.3, -0.25) is 0 Å². The Bertz CT molecular complexity index is 165. The molecule has 1 nitrogen and oxygen atoms in total. The van der Waals surface area contributed by atoms with Gasteiger partial charge < -0.3 is 5.11 Å². The first-order chi connectivity index (χ1) is 7.92. The topological polar surface area (TPSA) is 20.2 Å². The van der Waals surface area contributed by atoms with E-state index in [0.29, 0.717) is 6.61 Å². The highest BCUT2D eigenvalue weighted by molar-refractivity contribution is 7.59. The van der Waals surface area contributed by atoms with Crippen molar-refractivity contribution in [1.82, 2.24) is 0 Å². The third-order valence-corrected chi connectivity index (χ3v) is 8.07. The van der Waals surface area contributed by atoms with Crippen molar-refractivity contribution in [3.05, 3.63) is 0 Å². The minimum Gasteiger partial charge on any atom is -0.396 e. The van der Waals surface area contributed by atoms with E-state index in [4.69, 9.17) is 0 Å². The molecule has 0 saturated heterocycles. The predicted octanol–water partition coefficient (Wildman–Crippen LogP) is 4.13. The van der Waals surface area contributed by atoms with Crippen molar-refractivity contribution in [2.75, 3.05) is 12.8 Å². The molecule has 0 radical (unpaired) electrons. The van der Waals surface area contributed by atoms with Gasteiger partial charge in [0.2, 0.25) is 0 Å². The minimum atomic E-state index is 0.153. The van der Waals surface area contributed by atoms with E-state index in [-0.39, 0.29) is 7.92 Å². The van der Waals surface area contributed by atoms with Crippen LogP contribution in [0.2, 0.25) is 0 Å². The van der Waals surface area contributed by atoms with Crippen molar-refractivity contribution >= 4 is 7.92 Å². The van der Waals surface area contributed by atoms with Gasteiger partial charge >= 0.3 is 0 Å². The molecule has 2 aliphatic carbocycles. The monoisotopic (exact) mass is 242 g/mol. The number of hydrogen-bond donors (Lipinski definition) is 1. The van der Waals surface area contributed by atoms with Crippen molar-refractivity contribution < 1.29 is 5.11 Å². The zero-order valence-electron chi connectivity index (χ0n) is 10.5. The molecule has 0 aliphatic heterocycles. The zero-order valence-corrected chi connectivity index (χ0v) is 11.4. The van der Waals surface area contributed by atoms with Gasteiger partial charge in [-0.15, -0.1) is 0 Å². The molecule has 0 bridgehead atoms. The Hall–Kier alpha value is 0.390. The van der Waals surface area contributed by atoms with Crippen molar-refractivity contribution in [3.63, 3.8) is 0 Å². The molecule has 2 heteroatoms. The summed E-state index contributed by atoms with van der Waals surface area (Å²) in [4.78, 5) is 0. The van der Waals surface area contributed by atoms with Gasteiger partial charge in [0.25, 0.3) is 0 Å². The van der Waals surface area contributed by atoms with Crippen LogP contribution in [0.3, 0.4) is 0 Å². The van der Waals surface area contributed by atoms with Crippen LogP contribution in [0.1, 0.15) is 64.2 Å². The van der Waals surface area contributed by atoms with Crippen molar-refractivity contribution in [2.24, 2.45) is 0 Å². The molecule has 2 rings (SSSR count). The van der Waals surface area contributed by atoms with Crippen molar-refractivity contribution in [1.29, 1.82) is 0 Å². The number of aliphatic hydroxyl groups excluding tert-OH is 1. The molecule has 1 N–H and O–H groups in total. The van der Waals surface area contributed by atoms with Crippen LogP contribution in [0, 0.1) is 0 Å². The summed E-state index contributed by atoms with van der Waals surface area (Å²) in [5, 5.41) is 9.31. The maximum absolute atomic E-state index is 9.31. The molecule has 0 aromatic carbocycles. The molecular weight excluding hydrogens is 215 g/mol. The minimum absolute atomic E-state index is 0.153. The van der Waals surface area contributed by atoms with E-state index < -0.39 is 0 Å². The fourth-order valence-corrected chi connectivity index (χ4v) is 7.22. The lowest BCUT2D eigenvalue weighted by Crippen LogP contribution is -2.22. The van der Waals surface area contributed by atoms with Gasteiger partial charge in [0.1, 0.15) is 0 Å². The normalized spacial score (nSPS) is 25.1. The number of rotatable bonds is 4. The van der Waals surface area contributed by atoms with Crippen LogP contribution < -0.4 is 0 Å². The molecule has 0 heterocycles. The summed E-state index contributed by atoms with van der Waals surface area (Å²) in [6.45, 7) is 0.443. The predicted molar refractivity (Wildman–Crippen MR) is 72.6 cm³/mol. The second kappa shape index (κ2) is 6.97. The second-order valence-corrected chi connectivity index (χ2v) is 8.48. The van der Waals surface area contributed by atoms with Crippen LogP contribution in [0.15, 0.2) is 0 Å². The summed E-state index contributed by atoms with van der Waals surface area (Å²) in [5.41, 5.74) is 2.03. The summed E-state index contributed by atoms with van der Waals surface area (Å²) in [6, 6.07) is 0. The zero-order chi connectivity index (χ0) is 11.2. The molecule has 0 atom stereocenters. The number of hydrogen-bond acceptors (Lipinski definition) is 1. The highest BCUT2D eigenvalue weighted by atomic mass is 31.1. The fraction of sp³-hybridized carbons (Fsp3) is 1.00. The van der Waals surface area contributed by atoms with E-state index in [1.165, 1.54) is 64.2 Å². The van der Waals surface area contributed by atoms with Gasteiger partial charge in [-0.05, 0) is 43.2 Å². The molecule has 16 heavy (non-hydrogen) atoms. The Balaban J connectivity index is 1.91. The summed E-state index contributed by atoms with van der Waals surface area (Å²) in [6.07, 6.45) is 15.8. The first-order valence-corrected chi connectivity index (χ1v) is 8.95. The van der Waals surface area contributed by atoms with Crippen LogP contribution in [-0.2, 0) is 0 Å². The Morgan fingerprint density at radius 2 is 1.19 bits per heavy atom. The van der Waals surface area contributed by atoms with Crippen LogP contribution in [-0.4, -0.2) is 29.2 Å². The maximum Gasteiger partial charge on any atom is 0.0470 e. The van der Waals surface area contributed by atoms with E-state index in [1.54, 1.807) is 0 Å². The molecule has 0 amide bonds. The van der Waals surface area contributed by atoms with Gasteiger partial charge in [-0.2, -0.15) is 0 Å². The molecule has 0 aromatic rings. The van der Waals surface area contributed by atoms with Gasteiger partial charge in [-0.25, -0.2) is 0 Å². The molecule has 0 unspecified atom stereocenters. The summed E-state index contributed by atoms with van der Waals surface area (Å²) < 4.78 is 0. The summed E-state index contributed by atoms with van der Waals surface area (Å²) in [7, 11) is 0.153.